The van der Waals surface area contributed by atoms with E-state index in [1.54, 1.807) is 20.4 Å². The Bertz CT molecular complexity index is 894. The maximum absolute atomic E-state index is 5.37. The van der Waals surface area contributed by atoms with Crippen molar-refractivity contribution in [3.05, 3.63) is 54.0 Å². The zero-order chi connectivity index (χ0) is 18.6. The van der Waals surface area contributed by atoms with Gasteiger partial charge in [-0.1, -0.05) is 17.3 Å². The van der Waals surface area contributed by atoms with Crippen LogP contribution in [0.2, 0.25) is 0 Å². The van der Waals surface area contributed by atoms with Gasteiger partial charge in [0.15, 0.2) is 5.82 Å². The average molecular weight is 366 g/mol. The summed E-state index contributed by atoms with van der Waals surface area (Å²) in [6.45, 7) is 1.30. The van der Waals surface area contributed by atoms with E-state index >= 15 is 0 Å². The van der Waals surface area contributed by atoms with Gasteiger partial charge in [0.2, 0.25) is 0 Å². The number of nitrogens with zero attached hydrogens (tertiary/aromatic N) is 4. The summed E-state index contributed by atoms with van der Waals surface area (Å²) in [4.78, 5) is 11.3. The quantitative estimate of drug-likeness (QED) is 0.659. The highest BCUT2D eigenvalue weighted by Gasteiger charge is 2.27. The van der Waals surface area contributed by atoms with Crippen molar-refractivity contribution >= 4 is 5.82 Å². The SMILES string of the molecule is COCc1noc(-c2ccc(N3CCC[C@H]3c3cccc(OC)c3)nc2)n1. The number of benzene rings is 1. The normalized spacial score (nSPS) is 16.7. The summed E-state index contributed by atoms with van der Waals surface area (Å²) in [6, 6.07) is 12.5. The summed E-state index contributed by atoms with van der Waals surface area (Å²) in [5, 5.41) is 3.89. The topological polar surface area (TPSA) is 73.5 Å². The van der Waals surface area contributed by atoms with E-state index in [0.717, 1.165) is 36.5 Å². The van der Waals surface area contributed by atoms with Crippen LogP contribution in [0.3, 0.4) is 0 Å². The molecule has 0 spiro atoms. The van der Waals surface area contributed by atoms with Crippen LogP contribution >= 0.6 is 0 Å². The molecule has 3 aromatic rings. The molecule has 1 atom stereocenters. The molecule has 1 saturated heterocycles. The lowest BCUT2D eigenvalue weighted by Crippen LogP contribution is -2.23. The number of hydrogen-bond donors (Lipinski definition) is 0. The lowest BCUT2D eigenvalue weighted by Gasteiger charge is -2.26. The third kappa shape index (κ3) is 3.64. The van der Waals surface area contributed by atoms with Crippen LogP contribution in [-0.2, 0) is 11.3 Å². The molecule has 0 saturated carbocycles. The van der Waals surface area contributed by atoms with Gasteiger partial charge in [0.25, 0.3) is 5.89 Å². The van der Waals surface area contributed by atoms with Crippen LogP contribution in [0.4, 0.5) is 5.82 Å². The largest absolute Gasteiger partial charge is 0.497 e. The number of hydrogen-bond acceptors (Lipinski definition) is 7. The molecule has 1 fully saturated rings. The van der Waals surface area contributed by atoms with Gasteiger partial charge in [-0.3, -0.25) is 0 Å². The summed E-state index contributed by atoms with van der Waals surface area (Å²) in [5.41, 5.74) is 2.05. The first-order chi connectivity index (χ1) is 13.3. The predicted octanol–water partition coefficient (Wildman–Crippen LogP) is 3.63. The van der Waals surface area contributed by atoms with E-state index in [1.165, 1.54) is 5.56 Å². The van der Waals surface area contributed by atoms with E-state index < -0.39 is 0 Å². The molecule has 0 amide bonds. The molecule has 0 unspecified atom stereocenters. The first-order valence-corrected chi connectivity index (χ1v) is 8.97. The number of pyridine rings is 1. The van der Waals surface area contributed by atoms with Crippen LogP contribution < -0.4 is 9.64 Å². The van der Waals surface area contributed by atoms with Crippen LogP contribution in [-0.4, -0.2) is 35.9 Å². The van der Waals surface area contributed by atoms with Crippen LogP contribution in [0.25, 0.3) is 11.5 Å². The second kappa shape index (κ2) is 7.75. The predicted molar refractivity (Wildman–Crippen MR) is 101 cm³/mol. The minimum atomic E-state index is 0.301. The van der Waals surface area contributed by atoms with Crippen molar-refractivity contribution < 1.29 is 14.0 Å². The van der Waals surface area contributed by atoms with Gasteiger partial charge < -0.3 is 18.9 Å². The lowest BCUT2D eigenvalue weighted by atomic mass is 10.0. The second-order valence-corrected chi connectivity index (χ2v) is 6.48. The molecule has 140 valence electrons. The Morgan fingerprint density at radius 2 is 2.15 bits per heavy atom. The zero-order valence-corrected chi connectivity index (χ0v) is 15.5. The van der Waals surface area contributed by atoms with Crippen molar-refractivity contribution in [2.24, 2.45) is 0 Å². The van der Waals surface area contributed by atoms with Crippen molar-refractivity contribution in [2.75, 3.05) is 25.7 Å². The highest BCUT2D eigenvalue weighted by Crippen LogP contribution is 2.36. The van der Waals surface area contributed by atoms with E-state index in [1.807, 2.05) is 24.3 Å². The first-order valence-electron chi connectivity index (χ1n) is 8.97. The summed E-state index contributed by atoms with van der Waals surface area (Å²) in [6.07, 6.45) is 4.01. The Labute approximate surface area is 157 Å². The van der Waals surface area contributed by atoms with Crippen molar-refractivity contribution in [3.8, 4) is 17.2 Å². The Balaban J connectivity index is 1.55. The molecule has 0 aliphatic carbocycles. The minimum Gasteiger partial charge on any atom is -0.497 e. The summed E-state index contributed by atoms with van der Waals surface area (Å²) in [7, 11) is 3.29. The Kier molecular flexibility index (Phi) is 5.02. The molecule has 0 radical (unpaired) electrons. The van der Waals surface area contributed by atoms with E-state index in [0.29, 0.717) is 24.4 Å². The van der Waals surface area contributed by atoms with Gasteiger partial charge in [0.1, 0.15) is 18.2 Å². The highest BCUT2D eigenvalue weighted by atomic mass is 16.5. The van der Waals surface area contributed by atoms with E-state index in [4.69, 9.17) is 14.0 Å². The minimum absolute atomic E-state index is 0.301. The standard InChI is InChI=1S/C20H22N4O3/c1-25-13-18-22-20(27-23-18)15-8-9-19(21-12-15)24-10-4-7-17(24)14-5-3-6-16(11-14)26-2/h3,5-6,8-9,11-12,17H,4,7,10,13H2,1-2H3/t17-/m0/s1. The lowest BCUT2D eigenvalue weighted by molar-refractivity contribution is 0.174. The van der Waals surface area contributed by atoms with Crippen molar-refractivity contribution in [1.29, 1.82) is 0 Å². The number of methoxy groups -OCH3 is 2. The Morgan fingerprint density at radius 1 is 1.22 bits per heavy atom. The molecule has 7 nitrogen and oxygen atoms in total. The fourth-order valence-corrected chi connectivity index (χ4v) is 3.48. The number of rotatable bonds is 6. The molecule has 2 aromatic heterocycles. The molecule has 1 aliphatic heterocycles. The van der Waals surface area contributed by atoms with Gasteiger partial charge in [-0.2, -0.15) is 4.98 Å². The third-order valence-corrected chi connectivity index (χ3v) is 4.76. The molecular formula is C20H22N4O3. The smallest absolute Gasteiger partial charge is 0.259 e. The molecular weight excluding hydrogens is 344 g/mol. The van der Waals surface area contributed by atoms with Gasteiger partial charge in [-0.25, -0.2) is 4.98 Å². The van der Waals surface area contributed by atoms with E-state index in [9.17, 15) is 0 Å². The van der Waals surface area contributed by atoms with E-state index in [-0.39, 0.29) is 0 Å². The zero-order valence-electron chi connectivity index (χ0n) is 15.5. The summed E-state index contributed by atoms with van der Waals surface area (Å²) < 4.78 is 15.7. The second-order valence-electron chi connectivity index (χ2n) is 6.48. The van der Waals surface area contributed by atoms with Crippen LogP contribution in [0.5, 0.6) is 5.75 Å². The van der Waals surface area contributed by atoms with Gasteiger partial charge in [0, 0.05) is 19.9 Å². The van der Waals surface area contributed by atoms with Gasteiger partial charge >= 0.3 is 0 Å². The van der Waals surface area contributed by atoms with Crippen molar-refractivity contribution in [3.63, 3.8) is 0 Å². The maximum atomic E-state index is 5.37. The number of aromatic nitrogens is 3. The van der Waals surface area contributed by atoms with Gasteiger partial charge in [0.05, 0.1) is 18.7 Å². The average Bonchev–Trinajstić information content (AvgIpc) is 3.38. The van der Waals surface area contributed by atoms with Crippen LogP contribution in [0.15, 0.2) is 47.1 Å². The van der Waals surface area contributed by atoms with E-state index in [2.05, 4.69) is 32.2 Å². The Hall–Kier alpha value is -2.93. The van der Waals surface area contributed by atoms with Gasteiger partial charge in [-0.15, -0.1) is 0 Å². The monoisotopic (exact) mass is 366 g/mol. The summed E-state index contributed by atoms with van der Waals surface area (Å²) in [5.74, 6) is 2.80. The third-order valence-electron chi connectivity index (χ3n) is 4.76. The van der Waals surface area contributed by atoms with Crippen molar-refractivity contribution in [2.45, 2.75) is 25.5 Å². The molecule has 4 rings (SSSR count). The van der Waals surface area contributed by atoms with Crippen LogP contribution in [0.1, 0.15) is 30.3 Å². The fourth-order valence-electron chi connectivity index (χ4n) is 3.48. The molecule has 1 aliphatic rings. The number of ether oxygens (including phenoxy) is 2. The molecule has 3 heterocycles. The van der Waals surface area contributed by atoms with Crippen LogP contribution in [0, 0.1) is 0 Å². The van der Waals surface area contributed by atoms with Gasteiger partial charge in [-0.05, 0) is 42.7 Å². The molecule has 0 bridgehead atoms. The maximum Gasteiger partial charge on any atom is 0.259 e. The molecule has 1 aromatic carbocycles. The molecule has 7 heteroatoms. The highest BCUT2D eigenvalue weighted by molar-refractivity contribution is 5.55. The molecule has 0 N–H and O–H groups in total. The fraction of sp³-hybridized carbons (Fsp3) is 0.350. The Morgan fingerprint density at radius 3 is 2.93 bits per heavy atom. The van der Waals surface area contributed by atoms with Crippen molar-refractivity contribution in [1.82, 2.24) is 15.1 Å². The number of anilines is 1. The summed E-state index contributed by atoms with van der Waals surface area (Å²) >= 11 is 0. The molecule has 27 heavy (non-hydrogen) atoms. The first kappa shape index (κ1) is 17.5.